The first-order valence-electron chi connectivity index (χ1n) is 6.00. The summed E-state index contributed by atoms with van der Waals surface area (Å²) in [6.07, 6.45) is 0. The minimum Gasteiger partial charge on any atom is -0.461 e. The summed E-state index contributed by atoms with van der Waals surface area (Å²) in [4.78, 5) is 27.1. The lowest BCUT2D eigenvalue weighted by molar-refractivity contribution is -0.126. The van der Waals surface area contributed by atoms with Gasteiger partial charge in [-0.2, -0.15) is 0 Å². The van der Waals surface area contributed by atoms with Gasteiger partial charge in [-0.1, -0.05) is 0 Å². The molecule has 1 heterocycles. The highest BCUT2D eigenvalue weighted by molar-refractivity contribution is 5.92. The van der Waals surface area contributed by atoms with Crippen LogP contribution in [-0.4, -0.2) is 28.0 Å². The Balaban J connectivity index is 3.11. The molecule has 1 aromatic rings. The highest BCUT2D eigenvalue weighted by Gasteiger charge is 2.29. The number of esters is 1. The number of nitrogens with two attached hydrogens (primary N) is 2. The van der Waals surface area contributed by atoms with Crippen LogP contribution in [0.5, 0.6) is 0 Å². The molecule has 7 nitrogen and oxygen atoms in total. The first-order valence-corrected chi connectivity index (χ1v) is 6.00. The Hall–Kier alpha value is -2.05. The third-order valence-electron chi connectivity index (χ3n) is 2.89. The van der Waals surface area contributed by atoms with Crippen molar-refractivity contribution in [2.24, 2.45) is 11.1 Å². The van der Waals surface area contributed by atoms with Gasteiger partial charge in [0.2, 0.25) is 5.91 Å². The average molecular weight is 268 g/mol. The SMILES string of the molecule is CCOC(=O)c1nc(C)n(CC(C)(C)C(N)=O)c1N. The molecule has 0 atom stereocenters. The zero-order valence-corrected chi connectivity index (χ0v) is 11.7. The van der Waals surface area contributed by atoms with Gasteiger partial charge in [0.25, 0.3) is 0 Å². The van der Waals surface area contributed by atoms with Crippen molar-refractivity contribution in [3.8, 4) is 0 Å². The Kier molecular flexibility index (Phi) is 4.18. The predicted octanol–water partition coefficient (Wildman–Crippen LogP) is 0.462. The van der Waals surface area contributed by atoms with Gasteiger partial charge in [-0.15, -0.1) is 0 Å². The van der Waals surface area contributed by atoms with Crippen LogP contribution < -0.4 is 11.5 Å². The standard InChI is InChI=1S/C12H20N4O3/c1-5-19-10(17)8-9(13)16(7(2)15-8)6-12(3,4)11(14)18/h5-6,13H2,1-4H3,(H2,14,18). The molecule has 1 amide bonds. The Morgan fingerprint density at radius 3 is 2.47 bits per heavy atom. The summed E-state index contributed by atoms with van der Waals surface area (Å²) in [5.41, 5.74) is 10.5. The molecule has 0 fully saturated rings. The van der Waals surface area contributed by atoms with E-state index >= 15 is 0 Å². The van der Waals surface area contributed by atoms with Crippen LogP contribution in [0, 0.1) is 12.3 Å². The van der Waals surface area contributed by atoms with Crippen molar-refractivity contribution < 1.29 is 14.3 Å². The number of nitrogens with zero attached hydrogens (tertiary/aromatic N) is 2. The molecule has 0 aromatic carbocycles. The number of anilines is 1. The van der Waals surface area contributed by atoms with E-state index in [0.29, 0.717) is 5.82 Å². The first-order chi connectivity index (χ1) is 8.70. The van der Waals surface area contributed by atoms with Crippen molar-refractivity contribution in [1.82, 2.24) is 9.55 Å². The number of carbonyl (C=O) groups is 2. The van der Waals surface area contributed by atoms with Gasteiger partial charge in [0, 0.05) is 6.54 Å². The quantitative estimate of drug-likeness (QED) is 0.753. The van der Waals surface area contributed by atoms with Crippen molar-refractivity contribution in [2.45, 2.75) is 34.2 Å². The normalized spacial score (nSPS) is 11.4. The van der Waals surface area contributed by atoms with Crippen LogP contribution in [0.25, 0.3) is 0 Å². The van der Waals surface area contributed by atoms with E-state index in [-0.39, 0.29) is 24.7 Å². The number of imidazole rings is 1. The fourth-order valence-electron chi connectivity index (χ4n) is 1.60. The van der Waals surface area contributed by atoms with Gasteiger partial charge in [-0.05, 0) is 27.7 Å². The van der Waals surface area contributed by atoms with Crippen LogP contribution >= 0.6 is 0 Å². The second-order valence-corrected chi connectivity index (χ2v) is 4.95. The fraction of sp³-hybridized carbons (Fsp3) is 0.583. The van der Waals surface area contributed by atoms with Crippen molar-refractivity contribution in [2.75, 3.05) is 12.3 Å². The number of nitrogen functional groups attached to an aromatic ring is 1. The van der Waals surface area contributed by atoms with Gasteiger partial charge in [0.05, 0.1) is 12.0 Å². The molecular weight excluding hydrogens is 248 g/mol. The maximum absolute atomic E-state index is 11.7. The summed E-state index contributed by atoms with van der Waals surface area (Å²) in [6, 6.07) is 0. The third-order valence-corrected chi connectivity index (χ3v) is 2.89. The van der Waals surface area contributed by atoms with Crippen molar-refractivity contribution in [3.63, 3.8) is 0 Å². The molecule has 0 saturated heterocycles. The lowest BCUT2D eigenvalue weighted by Gasteiger charge is -2.22. The predicted molar refractivity (Wildman–Crippen MR) is 70.3 cm³/mol. The zero-order chi connectivity index (χ0) is 14.8. The van der Waals surface area contributed by atoms with Gasteiger partial charge >= 0.3 is 5.97 Å². The smallest absolute Gasteiger partial charge is 0.360 e. The van der Waals surface area contributed by atoms with E-state index in [0.717, 1.165) is 0 Å². The number of rotatable bonds is 5. The Morgan fingerprint density at radius 2 is 2.00 bits per heavy atom. The molecule has 0 bridgehead atoms. The van der Waals surface area contributed by atoms with Crippen LogP contribution in [0.3, 0.4) is 0 Å². The molecule has 7 heteroatoms. The first kappa shape index (κ1) is 15.0. The molecule has 1 rings (SSSR count). The Morgan fingerprint density at radius 1 is 1.42 bits per heavy atom. The minimum atomic E-state index is -0.786. The fourth-order valence-corrected chi connectivity index (χ4v) is 1.60. The van der Waals surface area contributed by atoms with Crippen molar-refractivity contribution >= 4 is 17.7 Å². The number of carbonyl (C=O) groups excluding carboxylic acids is 2. The number of amides is 1. The molecule has 0 saturated carbocycles. The number of hydrogen-bond acceptors (Lipinski definition) is 5. The number of aromatic nitrogens is 2. The van der Waals surface area contributed by atoms with E-state index in [1.54, 1.807) is 32.3 Å². The second-order valence-electron chi connectivity index (χ2n) is 4.95. The summed E-state index contributed by atoms with van der Waals surface area (Å²) in [6.45, 7) is 7.32. The molecule has 1 aromatic heterocycles. The third kappa shape index (κ3) is 3.04. The highest BCUT2D eigenvalue weighted by atomic mass is 16.5. The Bertz CT molecular complexity index is 505. The lowest BCUT2D eigenvalue weighted by Crippen LogP contribution is -2.36. The number of hydrogen-bond donors (Lipinski definition) is 2. The topological polar surface area (TPSA) is 113 Å². The van der Waals surface area contributed by atoms with Gasteiger partial charge in [-0.25, -0.2) is 9.78 Å². The van der Waals surface area contributed by atoms with E-state index in [9.17, 15) is 9.59 Å². The average Bonchev–Trinajstić information content (AvgIpc) is 2.57. The molecule has 106 valence electrons. The van der Waals surface area contributed by atoms with Crippen LogP contribution in [0.15, 0.2) is 0 Å². The summed E-state index contributed by atoms with van der Waals surface area (Å²) in [7, 11) is 0. The number of ether oxygens (including phenoxy) is 1. The van der Waals surface area contributed by atoms with Gasteiger partial charge in [-0.3, -0.25) is 4.79 Å². The maximum atomic E-state index is 11.7. The van der Waals surface area contributed by atoms with Crippen molar-refractivity contribution in [1.29, 1.82) is 0 Å². The Labute approximate surface area is 111 Å². The van der Waals surface area contributed by atoms with Gasteiger partial charge < -0.3 is 20.8 Å². The molecule has 19 heavy (non-hydrogen) atoms. The van der Waals surface area contributed by atoms with E-state index < -0.39 is 17.3 Å². The monoisotopic (exact) mass is 268 g/mol. The molecule has 0 aliphatic rings. The summed E-state index contributed by atoms with van der Waals surface area (Å²) in [5, 5.41) is 0. The molecule has 0 unspecified atom stereocenters. The van der Waals surface area contributed by atoms with E-state index in [2.05, 4.69) is 4.98 Å². The number of primary amides is 1. The summed E-state index contributed by atoms with van der Waals surface area (Å²) in [5.74, 6) is -0.295. The molecule has 4 N–H and O–H groups in total. The molecule has 0 radical (unpaired) electrons. The molecule has 0 aliphatic heterocycles. The molecule has 0 aliphatic carbocycles. The van der Waals surface area contributed by atoms with Crippen LogP contribution in [-0.2, 0) is 16.1 Å². The maximum Gasteiger partial charge on any atom is 0.360 e. The van der Waals surface area contributed by atoms with Crippen LogP contribution in [0.2, 0.25) is 0 Å². The molecular formula is C12H20N4O3. The van der Waals surface area contributed by atoms with Crippen LogP contribution in [0.1, 0.15) is 37.1 Å². The van der Waals surface area contributed by atoms with Crippen LogP contribution in [0.4, 0.5) is 5.82 Å². The van der Waals surface area contributed by atoms with E-state index in [1.807, 2.05) is 0 Å². The number of aryl methyl sites for hydroxylation is 1. The van der Waals surface area contributed by atoms with Gasteiger partial charge in [0.15, 0.2) is 5.69 Å². The second kappa shape index (κ2) is 5.29. The van der Waals surface area contributed by atoms with Gasteiger partial charge in [0.1, 0.15) is 11.6 Å². The summed E-state index contributed by atoms with van der Waals surface area (Å²) < 4.78 is 6.46. The van der Waals surface area contributed by atoms with E-state index in [4.69, 9.17) is 16.2 Å². The zero-order valence-electron chi connectivity index (χ0n) is 11.7. The van der Waals surface area contributed by atoms with E-state index in [1.165, 1.54) is 0 Å². The van der Waals surface area contributed by atoms with Crippen molar-refractivity contribution in [3.05, 3.63) is 11.5 Å². The largest absolute Gasteiger partial charge is 0.461 e. The summed E-state index contributed by atoms with van der Waals surface area (Å²) >= 11 is 0. The lowest BCUT2D eigenvalue weighted by atomic mass is 9.92. The highest BCUT2D eigenvalue weighted by Crippen LogP contribution is 2.23. The minimum absolute atomic E-state index is 0.0691. The molecule has 0 spiro atoms.